The van der Waals surface area contributed by atoms with Crippen LogP contribution in [-0.2, 0) is 24.7 Å². The van der Waals surface area contributed by atoms with Crippen LogP contribution in [0.5, 0.6) is 0 Å². The Labute approximate surface area is 185 Å². The van der Waals surface area contributed by atoms with Crippen LogP contribution in [0, 0.1) is 0 Å². The van der Waals surface area contributed by atoms with E-state index in [1.165, 1.54) is 24.4 Å². The fourth-order valence-electron chi connectivity index (χ4n) is 3.64. The number of fused-ring (bicyclic) bond motifs is 1. The molecule has 0 amide bonds. The van der Waals surface area contributed by atoms with Crippen LogP contribution in [0.2, 0.25) is 0 Å². The highest BCUT2D eigenvalue weighted by atomic mass is 32.2. The minimum atomic E-state index is -0.943. The Morgan fingerprint density at radius 3 is 2.53 bits per heavy atom. The second-order valence-electron chi connectivity index (χ2n) is 7.18. The molecule has 0 radical (unpaired) electrons. The molecule has 0 spiro atoms. The first kappa shape index (κ1) is 21.7. The van der Waals surface area contributed by atoms with Gasteiger partial charge in [0.2, 0.25) is 0 Å². The van der Waals surface area contributed by atoms with Crippen LogP contribution in [0.25, 0.3) is 0 Å². The number of hydrogen-bond acceptors (Lipinski definition) is 7. The number of methoxy groups -OCH3 is 1. The van der Waals surface area contributed by atoms with Gasteiger partial charge in [-0.15, -0.1) is 0 Å². The Balaban J connectivity index is 1.45. The van der Waals surface area contributed by atoms with Crippen LogP contribution in [0.1, 0.15) is 17.4 Å². The van der Waals surface area contributed by atoms with Crippen LogP contribution in [0.4, 0.5) is 0 Å². The summed E-state index contributed by atoms with van der Waals surface area (Å²) in [6, 6.07) is 19.3. The van der Waals surface area contributed by atoms with E-state index in [1.807, 2.05) is 48.5 Å². The maximum atomic E-state index is 10.9. The van der Waals surface area contributed by atoms with Gasteiger partial charge in [-0.25, -0.2) is 0 Å². The molecule has 2 N–H and O–H groups in total. The summed E-state index contributed by atoms with van der Waals surface area (Å²) in [7, 11) is 1.51. The average molecular weight is 448 g/mol. The molecular weight excluding hydrogens is 422 g/mol. The highest BCUT2D eigenvalue weighted by Crippen LogP contribution is 2.34. The molecule has 30 heavy (non-hydrogen) atoms. The maximum absolute atomic E-state index is 10.9. The Morgan fingerprint density at radius 2 is 1.83 bits per heavy atom. The second kappa shape index (κ2) is 10.2. The summed E-state index contributed by atoms with van der Waals surface area (Å²) in [5.74, 6) is 0.740. The zero-order valence-electron chi connectivity index (χ0n) is 16.5. The van der Waals surface area contributed by atoms with E-state index in [1.54, 1.807) is 0 Å². The molecule has 2 aromatic rings. The monoisotopic (exact) mass is 447 g/mol. The number of thiocarbonyl (C=S) groups is 1. The predicted molar refractivity (Wildman–Crippen MR) is 119 cm³/mol. The van der Waals surface area contributed by atoms with Crippen molar-refractivity contribution < 1.29 is 24.1 Å². The smallest absolute Gasteiger partial charge is 0.185 e. The summed E-state index contributed by atoms with van der Waals surface area (Å²) >= 11 is 7.06. The lowest BCUT2D eigenvalue weighted by atomic mass is 9.95. The minimum absolute atomic E-state index is 0.332. The van der Waals surface area contributed by atoms with Crippen molar-refractivity contribution in [2.45, 2.75) is 42.7 Å². The Morgan fingerprint density at radius 1 is 1.13 bits per heavy atom. The molecule has 160 valence electrons. The normalized spacial score (nSPS) is 31.0. The fourth-order valence-corrected chi connectivity index (χ4v) is 4.67. The molecule has 0 saturated carbocycles. The van der Waals surface area contributed by atoms with Crippen molar-refractivity contribution in [3.63, 3.8) is 0 Å². The van der Waals surface area contributed by atoms with Gasteiger partial charge in [0.25, 0.3) is 0 Å². The summed E-state index contributed by atoms with van der Waals surface area (Å²) in [5, 5.41) is 14.1. The first-order chi connectivity index (χ1) is 14.7. The molecule has 0 aliphatic carbocycles. The van der Waals surface area contributed by atoms with E-state index in [9.17, 15) is 5.11 Å². The van der Waals surface area contributed by atoms with E-state index in [2.05, 4.69) is 17.4 Å². The van der Waals surface area contributed by atoms with Gasteiger partial charge in [0, 0.05) is 18.4 Å². The van der Waals surface area contributed by atoms with Gasteiger partial charge in [-0.05, 0) is 5.56 Å². The average Bonchev–Trinajstić information content (AvgIpc) is 2.80. The standard InChI is InChI=1S/C22H25NO5S2/c1-25-21-18(24)17(23-22(29)30-13-14-8-4-2-5-9-14)19-16(27-21)12-26-20(28-19)15-10-6-3-7-11-15/h2-11,16-21,24H,12-13H2,1H3,(H,23,29)/t16-,17-,18-,19-,20-,21-/m0/s1. The molecule has 2 fully saturated rings. The fraction of sp³-hybridized carbons (Fsp3) is 0.409. The predicted octanol–water partition coefficient (Wildman–Crippen LogP) is 3.01. The Hall–Kier alpha value is -1.52. The Kier molecular flexibility index (Phi) is 7.37. The van der Waals surface area contributed by atoms with Crippen molar-refractivity contribution >= 4 is 28.3 Å². The molecule has 8 heteroatoms. The largest absolute Gasteiger partial charge is 0.386 e. The van der Waals surface area contributed by atoms with Crippen LogP contribution in [0.15, 0.2) is 60.7 Å². The zero-order chi connectivity index (χ0) is 20.9. The molecule has 4 rings (SSSR count). The lowest BCUT2D eigenvalue weighted by molar-refractivity contribution is -0.339. The third-order valence-electron chi connectivity index (χ3n) is 5.17. The highest BCUT2D eigenvalue weighted by Gasteiger charge is 2.50. The lowest BCUT2D eigenvalue weighted by Crippen LogP contribution is -2.66. The van der Waals surface area contributed by atoms with Crippen molar-refractivity contribution in [2.75, 3.05) is 13.7 Å². The van der Waals surface area contributed by atoms with Gasteiger partial charge < -0.3 is 29.4 Å². The molecule has 2 aliphatic rings. The van der Waals surface area contributed by atoms with Gasteiger partial charge in [-0.2, -0.15) is 0 Å². The maximum Gasteiger partial charge on any atom is 0.185 e. The highest BCUT2D eigenvalue weighted by molar-refractivity contribution is 8.22. The van der Waals surface area contributed by atoms with Crippen molar-refractivity contribution in [1.29, 1.82) is 0 Å². The van der Waals surface area contributed by atoms with E-state index in [-0.39, 0.29) is 6.10 Å². The van der Waals surface area contributed by atoms with Crippen LogP contribution in [0.3, 0.4) is 0 Å². The van der Waals surface area contributed by atoms with E-state index < -0.39 is 30.8 Å². The van der Waals surface area contributed by atoms with Gasteiger partial charge in [-0.1, -0.05) is 84.6 Å². The first-order valence-electron chi connectivity index (χ1n) is 9.81. The number of rotatable bonds is 5. The second-order valence-corrected chi connectivity index (χ2v) is 8.83. The van der Waals surface area contributed by atoms with Crippen molar-refractivity contribution in [3.05, 3.63) is 71.8 Å². The van der Waals surface area contributed by atoms with Gasteiger partial charge in [0.1, 0.15) is 22.6 Å². The topological polar surface area (TPSA) is 69.2 Å². The van der Waals surface area contributed by atoms with Crippen molar-refractivity contribution in [3.8, 4) is 0 Å². The summed E-state index contributed by atoms with van der Waals surface area (Å²) in [6.07, 6.45) is -3.08. The summed E-state index contributed by atoms with van der Waals surface area (Å²) in [4.78, 5) is 0. The number of nitrogens with one attached hydrogen (secondary N) is 1. The first-order valence-corrected chi connectivity index (χ1v) is 11.2. The number of benzene rings is 2. The van der Waals surface area contributed by atoms with Gasteiger partial charge in [-0.3, -0.25) is 0 Å². The molecule has 2 heterocycles. The Bertz CT molecular complexity index is 825. The van der Waals surface area contributed by atoms with Gasteiger partial charge >= 0.3 is 0 Å². The van der Waals surface area contributed by atoms with Crippen LogP contribution in [-0.4, -0.2) is 53.8 Å². The summed E-state index contributed by atoms with van der Waals surface area (Å²) in [5.41, 5.74) is 2.09. The van der Waals surface area contributed by atoms with E-state index in [0.29, 0.717) is 10.9 Å². The third-order valence-corrected chi connectivity index (χ3v) is 6.50. The lowest BCUT2D eigenvalue weighted by Gasteiger charge is -2.48. The number of thioether (sulfide) groups is 1. The third kappa shape index (κ3) is 5.03. The molecule has 2 saturated heterocycles. The van der Waals surface area contributed by atoms with E-state index >= 15 is 0 Å². The van der Waals surface area contributed by atoms with Crippen LogP contribution < -0.4 is 5.32 Å². The minimum Gasteiger partial charge on any atom is -0.386 e. The van der Waals surface area contributed by atoms with Crippen molar-refractivity contribution in [2.24, 2.45) is 0 Å². The summed E-state index contributed by atoms with van der Waals surface area (Å²) < 4.78 is 23.9. The molecule has 2 aliphatic heterocycles. The SMILES string of the molecule is CO[C@H]1O[C@H]2CO[C@H](c3ccccc3)O[C@@H]2[C@@H](NC(=S)SCc2ccccc2)[C@@H]1O. The number of aliphatic hydroxyl groups excluding tert-OH is 1. The van der Waals surface area contributed by atoms with E-state index in [4.69, 9.17) is 31.2 Å². The quantitative estimate of drug-likeness (QED) is 0.678. The molecule has 0 bridgehead atoms. The molecule has 2 aromatic carbocycles. The van der Waals surface area contributed by atoms with Crippen LogP contribution >= 0.6 is 24.0 Å². The number of aliphatic hydroxyl groups is 1. The molecule has 0 aromatic heterocycles. The van der Waals surface area contributed by atoms with E-state index in [0.717, 1.165) is 11.3 Å². The molecule has 0 unspecified atom stereocenters. The molecule has 6 nitrogen and oxygen atoms in total. The van der Waals surface area contributed by atoms with Gasteiger partial charge in [0.15, 0.2) is 12.6 Å². The molecule has 6 atom stereocenters. The van der Waals surface area contributed by atoms with Crippen molar-refractivity contribution in [1.82, 2.24) is 5.32 Å². The van der Waals surface area contributed by atoms with Gasteiger partial charge in [0.05, 0.1) is 12.6 Å². The number of hydrogen-bond donors (Lipinski definition) is 2. The molecular formula is C22H25NO5S2. The summed E-state index contributed by atoms with van der Waals surface area (Å²) in [6.45, 7) is 0.332. The zero-order valence-corrected chi connectivity index (χ0v) is 18.2. The number of ether oxygens (including phenoxy) is 4.